The third-order valence-electron chi connectivity index (χ3n) is 4.85. The lowest BCUT2D eigenvalue weighted by Gasteiger charge is -2.37. The molecule has 7 nitrogen and oxygen atoms in total. The maximum absolute atomic E-state index is 12.0. The van der Waals surface area contributed by atoms with Crippen LogP contribution in [0.5, 0.6) is 0 Å². The average Bonchev–Trinajstić information content (AvgIpc) is 2.80. The predicted molar refractivity (Wildman–Crippen MR) is 102 cm³/mol. The fourth-order valence-electron chi connectivity index (χ4n) is 2.22. The third kappa shape index (κ3) is 4.18. The number of hydrogen-bond donors (Lipinski definition) is 2. The zero-order chi connectivity index (χ0) is 18.3. The van der Waals surface area contributed by atoms with E-state index < -0.39 is 38.0 Å². The molecule has 9 heteroatoms. The summed E-state index contributed by atoms with van der Waals surface area (Å²) in [5, 5.41) is 10.3. The summed E-state index contributed by atoms with van der Waals surface area (Å²) in [7, 11) is -1.94. The Morgan fingerprint density at radius 3 is 2.67 bits per heavy atom. The SMILES string of the molecule is CC(C)(C)[Si](C)(C)OC[C@@H]1O[C@H](n2cc(I)c(=O)[nH]c2=O)C[C@@H]1O. The molecule has 1 aliphatic rings. The van der Waals surface area contributed by atoms with Crippen molar-refractivity contribution in [1.29, 1.82) is 0 Å². The van der Waals surface area contributed by atoms with Gasteiger partial charge in [-0.25, -0.2) is 4.79 Å². The van der Waals surface area contributed by atoms with E-state index in [0.717, 1.165) is 0 Å². The van der Waals surface area contributed by atoms with Gasteiger partial charge in [-0.3, -0.25) is 14.3 Å². The maximum atomic E-state index is 12.0. The molecule has 1 aliphatic heterocycles. The minimum absolute atomic E-state index is 0.0714. The molecule has 1 aromatic rings. The molecule has 2 N–H and O–H groups in total. The van der Waals surface area contributed by atoms with Crippen LogP contribution in [0.15, 0.2) is 15.8 Å². The van der Waals surface area contributed by atoms with E-state index in [2.05, 4.69) is 38.8 Å². The largest absolute Gasteiger partial charge is 0.414 e. The van der Waals surface area contributed by atoms with Gasteiger partial charge in [-0.2, -0.15) is 0 Å². The molecule has 24 heavy (non-hydrogen) atoms. The molecule has 2 heterocycles. The van der Waals surface area contributed by atoms with Gasteiger partial charge in [0.15, 0.2) is 8.32 Å². The van der Waals surface area contributed by atoms with Gasteiger partial charge in [-0.05, 0) is 40.7 Å². The Labute approximate surface area is 155 Å². The minimum Gasteiger partial charge on any atom is -0.414 e. The van der Waals surface area contributed by atoms with Gasteiger partial charge in [0, 0.05) is 12.6 Å². The van der Waals surface area contributed by atoms with E-state index in [0.29, 0.717) is 10.2 Å². The summed E-state index contributed by atoms with van der Waals surface area (Å²) in [4.78, 5) is 25.7. The summed E-state index contributed by atoms with van der Waals surface area (Å²) in [6.07, 6.45) is -0.0632. The van der Waals surface area contributed by atoms with Crippen LogP contribution >= 0.6 is 22.6 Å². The maximum Gasteiger partial charge on any atom is 0.330 e. The van der Waals surface area contributed by atoms with Crippen molar-refractivity contribution < 1.29 is 14.3 Å². The number of nitrogens with zero attached hydrogens (tertiary/aromatic N) is 1. The van der Waals surface area contributed by atoms with Gasteiger partial charge >= 0.3 is 5.69 Å². The van der Waals surface area contributed by atoms with E-state index in [4.69, 9.17) is 9.16 Å². The van der Waals surface area contributed by atoms with E-state index in [1.807, 2.05) is 22.6 Å². The number of aliphatic hydroxyl groups is 1. The van der Waals surface area contributed by atoms with Crippen LogP contribution in [-0.4, -0.2) is 41.8 Å². The quantitative estimate of drug-likeness (QED) is 0.520. The highest BCUT2D eigenvalue weighted by molar-refractivity contribution is 14.1. The summed E-state index contributed by atoms with van der Waals surface area (Å²) in [5.74, 6) is 0. The van der Waals surface area contributed by atoms with Crippen molar-refractivity contribution in [2.75, 3.05) is 6.61 Å². The van der Waals surface area contributed by atoms with E-state index in [9.17, 15) is 14.7 Å². The van der Waals surface area contributed by atoms with Gasteiger partial charge in [0.25, 0.3) is 5.56 Å². The molecule has 0 aromatic carbocycles. The van der Waals surface area contributed by atoms with Crippen LogP contribution in [0.1, 0.15) is 33.4 Å². The second kappa shape index (κ2) is 7.02. The number of aromatic amines is 1. The summed E-state index contributed by atoms with van der Waals surface area (Å²) in [6, 6.07) is 0. The second-order valence-corrected chi connectivity index (χ2v) is 13.6. The first-order valence-electron chi connectivity index (χ1n) is 7.91. The highest BCUT2D eigenvalue weighted by Crippen LogP contribution is 2.37. The lowest BCUT2D eigenvalue weighted by Crippen LogP contribution is -2.43. The Morgan fingerprint density at radius 2 is 2.08 bits per heavy atom. The number of aliphatic hydroxyl groups excluding tert-OH is 1. The number of aromatic nitrogens is 2. The summed E-state index contributed by atoms with van der Waals surface area (Å²) in [6.45, 7) is 11.0. The van der Waals surface area contributed by atoms with Crippen molar-refractivity contribution in [2.24, 2.45) is 0 Å². The van der Waals surface area contributed by atoms with Crippen molar-refractivity contribution in [3.05, 3.63) is 30.6 Å². The first-order chi connectivity index (χ1) is 10.9. The van der Waals surface area contributed by atoms with Crippen LogP contribution in [0.4, 0.5) is 0 Å². The molecule has 0 amide bonds. The molecule has 0 saturated carbocycles. The Balaban J connectivity index is 2.09. The zero-order valence-corrected chi connectivity index (χ0v) is 17.8. The van der Waals surface area contributed by atoms with Crippen LogP contribution in [-0.2, 0) is 9.16 Å². The van der Waals surface area contributed by atoms with Crippen molar-refractivity contribution >= 4 is 30.9 Å². The number of ether oxygens (including phenoxy) is 1. The van der Waals surface area contributed by atoms with E-state index in [1.165, 1.54) is 10.8 Å². The van der Waals surface area contributed by atoms with Gasteiger partial charge in [0.05, 0.1) is 16.3 Å². The Bertz CT molecular complexity index is 709. The van der Waals surface area contributed by atoms with Gasteiger partial charge in [-0.15, -0.1) is 0 Å². The molecule has 0 unspecified atom stereocenters. The zero-order valence-electron chi connectivity index (χ0n) is 14.6. The summed E-state index contributed by atoms with van der Waals surface area (Å²) in [5.41, 5.74) is -0.961. The summed E-state index contributed by atoms with van der Waals surface area (Å²) >= 11 is 1.86. The predicted octanol–water partition coefficient (Wildman–Crippen LogP) is 1.81. The van der Waals surface area contributed by atoms with Gasteiger partial charge < -0.3 is 14.3 Å². The van der Waals surface area contributed by atoms with E-state index >= 15 is 0 Å². The molecule has 1 saturated heterocycles. The molecule has 0 spiro atoms. The van der Waals surface area contributed by atoms with Gasteiger partial charge in [-0.1, -0.05) is 20.8 Å². The van der Waals surface area contributed by atoms with Gasteiger partial charge in [0.1, 0.15) is 12.3 Å². The fraction of sp³-hybridized carbons (Fsp3) is 0.733. The first-order valence-corrected chi connectivity index (χ1v) is 11.9. The number of H-pyrrole nitrogens is 1. The van der Waals surface area contributed by atoms with E-state index in [1.54, 1.807) is 0 Å². The topological polar surface area (TPSA) is 93.5 Å². The smallest absolute Gasteiger partial charge is 0.330 e. The number of nitrogens with one attached hydrogen (secondary N) is 1. The van der Waals surface area contributed by atoms with E-state index in [-0.39, 0.29) is 11.5 Å². The molecular weight excluding hydrogens is 443 g/mol. The van der Waals surface area contributed by atoms with Crippen LogP contribution in [0, 0.1) is 3.57 Å². The molecule has 0 aliphatic carbocycles. The monoisotopic (exact) mass is 468 g/mol. The van der Waals surface area contributed by atoms with Crippen LogP contribution in [0.25, 0.3) is 0 Å². The number of halogens is 1. The van der Waals surface area contributed by atoms with Crippen LogP contribution in [0.3, 0.4) is 0 Å². The standard InChI is InChI=1S/C15H25IN2O5Si/c1-15(2,3)24(4,5)22-8-11-10(19)6-12(23-11)18-7-9(16)13(20)17-14(18)21/h7,10-12,19H,6,8H2,1-5H3,(H,17,20,21)/t10-,11-,12-/m0/s1. The molecule has 3 atom stereocenters. The molecule has 136 valence electrons. The molecule has 2 rings (SSSR count). The highest BCUT2D eigenvalue weighted by atomic mass is 127. The lowest BCUT2D eigenvalue weighted by molar-refractivity contribution is -0.0433. The molecule has 0 radical (unpaired) electrons. The normalized spacial score (nSPS) is 25.2. The summed E-state index contributed by atoms with van der Waals surface area (Å²) < 4.78 is 13.7. The lowest BCUT2D eigenvalue weighted by atomic mass is 10.2. The average molecular weight is 468 g/mol. The van der Waals surface area contributed by atoms with Crippen molar-refractivity contribution in [3.63, 3.8) is 0 Å². The van der Waals surface area contributed by atoms with Crippen molar-refractivity contribution in [1.82, 2.24) is 9.55 Å². The van der Waals surface area contributed by atoms with Crippen molar-refractivity contribution in [3.8, 4) is 0 Å². The Hall–Kier alpha value is -0.493. The molecule has 1 fully saturated rings. The highest BCUT2D eigenvalue weighted by Gasteiger charge is 2.41. The Kier molecular flexibility index (Phi) is 5.80. The van der Waals surface area contributed by atoms with Crippen LogP contribution < -0.4 is 11.2 Å². The fourth-order valence-corrected chi connectivity index (χ4v) is 3.67. The number of rotatable bonds is 4. The molecule has 0 bridgehead atoms. The second-order valence-electron chi connectivity index (χ2n) is 7.65. The Morgan fingerprint density at radius 1 is 1.46 bits per heavy atom. The number of hydrogen-bond acceptors (Lipinski definition) is 5. The first kappa shape index (κ1) is 19.8. The van der Waals surface area contributed by atoms with Gasteiger partial charge in [0.2, 0.25) is 0 Å². The van der Waals surface area contributed by atoms with Crippen molar-refractivity contribution in [2.45, 2.75) is 63.8 Å². The molecular formula is C15H25IN2O5Si. The third-order valence-corrected chi connectivity index (χ3v) is 10.1. The minimum atomic E-state index is -1.94. The van der Waals surface area contributed by atoms with Crippen LogP contribution in [0.2, 0.25) is 18.1 Å². The molecule has 1 aromatic heterocycles.